The van der Waals surface area contributed by atoms with Crippen molar-refractivity contribution in [2.75, 3.05) is 13.2 Å². The third kappa shape index (κ3) is 66.7. The zero-order valence-corrected chi connectivity index (χ0v) is 54.4. The molecule has 0 bridgehead atoms. The number of carbonyl (C=O) groups excluding carboxylic acids is 3. The van der Waals surface area contributed by atoms with E-state index in [-0.39, 0.29) is 31.1 Å². The average Bonchev–Trinajstić information content (AvgIpc) is 3.46. The van der Waals surface area contributed by atoms with Crippen molar-refractivity contribution in [3.05, 3.63) is 24.3 Å². The minimum atomic E-state index is -0.770. The topological polar surface area (TPSA) is 78.9 Å². The van der Waals surface area contributed by atoms with Gasteiger partial charge in [-0.05, 0) is 51.4 Å². The molecule has 0 amide bonds. The molecule has 1 atom stereocenters. The lowest BCUT2D eigenvalue weighted by Gasteiger charge is -2.18. The summed E-state index contributed by atoms with van der Waals surface area (Å²) in [5.74, 6) is -0.833. The monoisotopic (exact) mass is 1130 g/mol. The van der Waals surface area contributed by atoms with E-state index < -0.39 is 6.10 Å². The van der Waals surface area contributed by atoms with Crippen molar-refractivity contribution in [1.82, 2.24) is 0 Å². The molecule has 0 saturated heterocycles. The predicted molar refractivity (Wildman–Crippen MR) is 349 cm³/mol. The van der Waals surface area contributed by atoms with Gasteiger partial charge in [0, 0.05) is 19.3 Å². The van der Waals surface area contributed by atoms with Crippen LogP contribution in [0.2, 0.25) is 0 Å². The van der Waals surface area contributed by atoms with Crippen molar-refractivity contribution in [3.8, 4) is 0 Å². The minimum Gasteiger partial charge on any atom is -0.462 e. The second kappa shape index (κ2) is 69.4. The fourth-order valence-electron chi connectivity index (χ4n) is 11.2. The Morgan fingerprint density at radius 3 is 0.713 bits per heavy atom. The van der Waals surface area contributed by atoms with Crippen molar-refractivity contribution in [3.63, 3.8) is 0 Å². The zero-order valence-electron chi connectivity index (χ0n) is 54.4. The Morgan fingerprint density at radius 1 is 0.250 bits per heavy atom. The molecule has 0 heterocycles. The summed E-state index contributed by atoms with van der Waals surface area (Å²) in [5, 5.41) is 0. The van der Waals surface area contributed by atoms with E-state index in [1.807, 2.05) is 0 Å². The fraction of sp³-hybridized carbons (Fsp3) is 0.905. The molecule has 0 aliphatic rings. The standard InChI is InChI=1S/C74H140O6/c1-4-7-10-13-16-19-22-25-28-31-34-36-38-40-43-46-49-52-55-58-61-64-67-73(76)79-70-71(69-78-72(75)66-63-60-57-54-51-48-45-42-39-33-30-27-24-21-18-15-12-9-6-3)80-74(77)68-65-62-59-56-53-50-47-44-41-37-35-32-29-26-23-20-17-14-11-8-5-2/h18,21,27,30,71H,4-17,19-20,22-26,28-29,31-70H2,1-3H3/b21-18-,30-27-. The molecule has 0 aliphatic heterocycles. The third-order valence-electron chi connectivity index (χ3n) is 16.7. The van der Waals surface area contributed by atoms with Crippen molar-refractivity contribution in [1.29, 1.82) is 0 Å². The lowest BCUT2D eigenvalue weighted by molar-refractivity contribution is -0.167. The van der Waals surface area contributed by atoms with Crippen LogP contribution in [0.4, 0.5) is 0 Å². The quantitative estimate of drug-likeness (QED) is 0.0261. The minimum absolute atomic E-state index is 0.0655. The van der Waals surface area contributed by atoms with Crippen LogP contribution in [0, 0.1) is 0 Å². The number of ether oxygens (including phenoxy) is 3. The molecule has 0 aliphatic carbocycles. The Morgan fingerprint density at radius 2 is 0.450 bits per heavy atom. The van der Waals surface area contributed by atoms with Crippen LogP contribution in [0.25, 0.3) is 0 Å². The summed E-state index contributed by atoms with van der Waals surface area (Å²) in [4.78, 5) is 38.5. The van der Waals surface area contributed by atoms with Gasteiger partial charge in [0.25, 0.3) is 0 Å². The molecule has 0 saturated carbocycles. The fourth-order valence-corrected chi connectivity index (χ4v) is 11.2. The molecule has 0 aromatic rings. The molecular formula is C74H140O6. The van der Waals surface area contributed by atoms with Gasteiger partial charge in [-0.3, -0.25) is 14.4 Å². The van der Waals surface area contributed by atoms with Crippen molar-refractivity contribution in [2.24, 2.45) is 0 Å². The Balaban J connectivity index is 4.29. The van der Waals surface area contributed by atoms with Gasteiger partial charge in [0.05, 0.1) is 0 Å². The second-order valence-corrected chi connectivity index (χ2v) is 24.9. The van der Waals surface area contributed by atoms with Crippen molar-refractivity contribution >= 4 is 17.9 Å². The molecule has 80 heavy (non-hydrogen) atoms. The number of unbranched alkanes of at least 4 members (excludes halogenated alkanes) is 53. The normalized spacial score (nSPS) is 12.1. The van der Waals surface area contributed by atoms with E-state index in [9.17, 15) is 14.4 Å². The van der Waals surface area contributed by atoms with E-state index in [1.54, 1.807) is 0 Å². The first-order chi connectivity index (χ1) is 39.5. The van der Waals surface area contributed by atoms with Gasteiger partial charge < -0.3 is 14.2 Å². The van der Waals surface area contributed by atoms with Crippen LogP contribution in [-0.4, -0.2) is 37.2 Å². The number of esters is 3. The Bertz CT molecular complexity index is 1290. The lowest BCUT2D eigenvalue weighted by atomic mass is 10.0. The molecule has 0 fully saturated rings. The summed E-state index contributed by atoms with van der Waals surface area (Å²) in [7, 11) is 0. The van der Waals surface area contributed by atoms with Gasteiger partial charge >= 0.3 is 17.9 Å². The second-order valence-electron chi connectivity index (χ2n) is 24.9. The molecule has 0 aromatic carbocycles. The third-order valence-corrected chi connectivity index (χ3v) is 16.7. The SMILES string of the molecule is CCCCC/C=C\C/C=C\CCCCCCCCCCCC(=O)OCC(COC(=O)CCCCCCCCCCCCCCCCCCCCCCCC)OC(=O)CCCCCCCCCCCCCCCCCCCCCCC. The van der Waals surface area contributed by atoms with E-state index >= 15 is 0 Å². The number of carbonyl (C=O) groups is 3. The average molecular weight is 1130 g/mol. The van der Waals surface area contributed by atoms with Gasteiger partial charge in [0.15, 0.2) is 6.10 Å². The van der Waals surface area contributed by atoms with E-state index in [2.05, 4.69) is 45.1 Å². The van der Waals surface area contributed by atoms with Gasteiger partial charge in [-0.2, -0.15) is 0 Å². The van der Waals surface area contributed by atoms with Gasteiger partial charge in [-0.25, -0.2) is 0 Å². The first-order valence-electron chi connectivity index (χ1n) is 36.3. The van der Waals surface area contributed by atoms with Crippen molar-refractivity contribution in [2.45, 2.75) is 419 Å². The number of hydrogen-bond acceptors (Lipinski definition) is 6. The number of rotatable bonds is 68. The highest BCUT2D eigenvalue weighted by molar-refractivity contribution is 5.71. The molecule has 0 N–H and O–H groups in total. The first kappa shape index (κ1) is 77.9. The predicted octanol–water partition coefficient (Wildman–Crippen LogP) is 25.0. The summed E-state index contributed by atoms with van der Waals surface area (Å²) in [5.41, 5.74) is 0. The Labute approximate surface area is 500 Å². The van der Waals surface area contributed by atoms with Gasteiger partial charge in [0.1, 0.15) is 13.2 Å². The summed E-state index contributed by atoms with van der Waals surface area (Å²) in [6.07, 6.45) is 84.9. The maximum Gasteiger partial charge on any atom is 0.306 e. The highest BCUT2D eigenvalue weighted by atomic mass is 16.6. The smallest absolute Gasteiger partial charge is 0.306 e. The van der Waals surface area contributed by atoms with Gasteiger partial charge in [-0.15, -0.1) is 0 Å². The highest BCUT2D eigenvalue weighted by Gasteiger charge is 2.19. The van der Waals surface area contributed by atoms with E-state index in [4.69, 9.17) is 14.2 Å². The molecule has 6 heteroatoms. The number of hydrogen-bond donors (Lipinski definition) is 0. The highest BCUT2D eigenvalue weighted by Crippen LogP contribution is 2.19. The molecule has 6 nitrogen and oxygen atoms in total. The van der Waals surface area contributed by atoms with Crippen molar-refractivity contribution < 1.29 is 28.6 Å². The molecular weight excluding hydrogens is 985 g/mol. The summed E-state index contributed by atoms with van der Waals surface area (Å²) < 4.78 is 17.0. The van der Waals surface area contributed by atoms with E-state index in [0.29, 0.717) is 19.3 Å². The maximum absolute atomic E-state index is 13.0. The first-order valence-corrected chi connectivity index (χ1v) is 36.3. The van der Waals surface area contributed by atoms with E-state index in [0.717, 1.165) is 64.2 Å². The molecule has 0 rings (SSSR count). The van der Waals surface area contributed by atoms with Crippen LogP contribution in [-0.2, 0) is 28.6 Å². The summed E-state index contributed by atoms with van der Waals surface area (Å²) in [6, 6.07) is 0. The maximum atomic E-state index is 13.0. The van der Waals surface area contributed by atoms with Crippen LogP contribution in [0.5, 0.6) is 0 Å². The molecule has 0 spiro atoms. The molecule has 0 radical (unpaired) electrons. The largest absolute Gasteiger partial charge is 0.462 e. The van der Waals surface area contributed by atoms with Gasteiger partial charge in [-0.1, -0.05) is 366 Å². The summed E-state index contributed by atoms with van der Waals surface area (Å²) >= 11 is 0. The van der Waals surface area contributed by atoms with Crippen LogP contribution >= 0.6 is 0 Å². The number of allylic oxidation sites excluding steroid dienone is 4. The van der Waals surface area contributed by atoms with Crippen LogP contribution in [0.3, 0.4) is 0 Å². The van der Waals surface area contributed by atoms with Gasteiger partial charge in [0.2, 0.25) is 0 Å². The lowest BCUT2D eigenvalue weighted by Crippen LogP contribution is -2.30. The van der Waals surface area contributed by atoms with Crippen LogP contribution in [0.1, 0.15) is 412 Å². The molecule has 0 aromatic heterocycles. The van der Waals surface area contributed by atoms with Crippen LogP contribution < -0.4 is 0 Å². The van der Waals surface area contributed by atoms with Crippen LogP contribution in [0.15, 0.2) is 24.3 Å². The Kier molecular flexibility index (Phi) is 67.6. The molecule has 1 unspecified atom stereocenters. The molecule has 472 valence electrons. The van der Waals surface area contributed by atoms with E-state index in [1.165, 1.54) is 308 Å². The Hall–Kier alpha value is -2.11. The summed E-state index contributed by atoms with van der Waals surface area (Å²) in [6.45, 7) is 6.71. The zero-order chi connectivity index (χ0) is 57.8.